The zero-order valence-corrected chi connectivity index (χ0v) is 14.5. The van der Waals surface area contributed by atoms with Gasteiger partial charge in [0.1, 0.15) is 5.75 Å². The van der Waals surface area contributed by atoms with Crippen LogP contribution in [0.25, 0.3) is 0 Å². The molecule has 0 bridgehead atoms. The number of hydrogen-bond donors (Lipinski definition) is 0. The molecule has 0 aliphatic carbocycles. The van der Waals surface area contributed by atoms with E-state index in [4.69, 9.17) is 16.3 Å². The Morgan fingerprint density at radius 3 is 2.37 bits per heavy atom. The van der Waals surface area contributed by atoms with Gasteiger partial charge in [0.2, 0.25) is 0 Å². The Morgan fingerprint density at radius 1 is 1.16 bits per heavy atom. The van der Waals surface area contributed by atoms with Crippen LogP contribution in [0.15, 0.2) is 22.7 Å². The number of ether oxygens (including phenoxy) is 1. The van der Waals surface area contributed by atoms with Gasteiger partial charge in [-0.1, -0.05) is 15.9 Å². The standard InChI is InChI=1S/C15H16BrClOS/c1-8-6-14(19-10(8)3)15(17)11-7-12(16)9(2)5-13(11)18-4/h5-7,15H,1-4H3. The average molecular weight is 360 g/mol. The minimum absolute atomic E-state index is 0.177. The quantitative estimate of drug-likeness (QED) is 0.632. The third kappa shape index (κ3) is 2.99. The maximum atomic E-state index is 6.63. The van der Waals surface area contributed by atoms with Crippen molar-refractivity contribution in [2.24, 2.45) is 0 Å². The van der Waals surface area contributed by atoms with E-state index in [0.29, 0.717) is 0 Å². The van der Waals surface area contributed by atoms with Crippen LogP contribution in [0.2, 0.25) is 0 Å². The summed E-state index contributed by atoms with van der Waals surface area (Å²) in [7, 11) is 1.68. The molecule has 1 atom stereocenters. The number of rotatable bonds is 3. The smallest absolute Gasteiger partial charge is 0.124 e. The first kappa shape index (κ1) is 14.9. The molecular formula is C15H16BrClOS. The van der Waals surface area contributed by atoms with E-state index in [-0.39, 0.29) is 5.38 Å². The fourth-order valence-corrected chi connectivity index (χ4v) is 3.69. The summed E-state index contributed by atoms with van der Waals surface area (Å²) in [6, 6.07) is 6.23. The first-order valence-electron chi connectivity index (χ1n) is 5.99. The second-order valence-corrected chi connectivity index (χ2v) is 7.17. The maximum absolute atomic E-state index is 6.63. The molecule has 19 heavy (non-hydrogen) atoms. The molecule has 0 spiro atoms. The van der Waals surface area contributed by atoms with Gasteiger partial charge in [-0.2, -0.15) is 0 Å². The number of hydrogen-bond acceptors (Lipinski definition) is 2. The summed E-state index contributed by atoms with van der Waals surface area (Å²) in [4.78, 5) is 2.47. The number of methoxy groups -OCH3 is 1. The summed E-state index contributed by atoms with van der Waals surface area (Å²) in [5.41, 5.74) is 3.43. The molecule has 1 aromatic carbocycles. The molecule has 1 nitrogen and oxygen atoms in total. The van der Waals surface area contributed by atoms with E-state index >= 15 is 0 Å². The highest BCUT2D eigenvalue weighted by Crippen LogP contribution is 2.41. The van der Waals surface area contributed by atoms with Crippen molar-refractivity contribution in [3.8, 4) is 5.75 Å². The van der Waals surface area contributed by atoms with Gasteiger partial charge in [-0.15, -0.1) is 22.9 Å². The third-order valence-corrected chi connectivity index (χ3v) is 5.89. The van der Waals surface area contributed by atoms with E-state index in [2.05, 4.69) is 41.9 Å². The van der Waals surface area contributed by atoms with Crippen molar-refractivity contribution >= 4 is 38.9 Å². The first-order chi connectivity index (χ1) is 8.93. The summed E-state index contributed by atoms with van der Waals surface area (Å²) >= 11 is 11.9. The Labute approximate surface area is 131 Å². The van der Waals surface area contributed by atoms with E-state index < -0.39 is 0 Å². The van der Waals surface area contributed by atoms with Gasteiger partial charge in [0.15, 0.2) is 0 Å². The third-order valence-electron chi connectivity index (χ3n) is 3.22. The van der Waals surface area contributed by atoms with Gasteiger partial charge in [-0.05, 0) is 50.1 Å². The molecule has 0 aliphatic rings. The average Bonchev–Trinajstić information content (AvgIpc) is 2.71. The second kappa shape index (κ2) is 5.86. The Bertz CT molecular complexity index is 587. The van der Waals surface area contributed by atoms with Crippen molar-refractivity contribution in [3.05, 3.63) is 49.1 Å². The lowest BCUT2D eigenvalue weighted by molar-refractivity contribution is 0.410. The van der Waals surface area contributed by atoms with E-state index in [9.17, 15) is 0 Å². The van der Waals surface area contributed by atoms with Crippen molar-refractivity contribution in [2.45, 2.75) is 26.1 Å². The van der Waals surface area contributed by atoms with Gasteiger partial charge in [-0.3, -0.25) is 0 Å². The summed E-state index contributed by atoms with van der Waals surface area (Å²) in [6.45, 7) is 6.27. The largest absolute Gasteiger partial charge is 0.496 e. The highest BCUT2D eigenvalue weighted by atomic mass is 79.9. The Morgan fingerprint density at radius 2 is 1.84 bits per heavy atom. The molecule has 2 aromatic rings. The molecule has 1 unspecified atom stereocenters. The fourth-order valence-electron chi connectivity index (χ4n) is 1.93. The molecule has 4 heteroatoms. The van der Waals surface area contributed by atoms with Crippen molar-refractivity contribution in [1.82, 2.24) is 0 Å². The van der Waals surface area contributed by atoms with Crippen LogP contribution >= 0.6 is 38.9 Å². The molecule has 1 heterocycles. The van der Waals surface area contributed by atoms with Gasteiger partial charge in [-0.25, -0.2) is 0 Å². The summed E-state index contributed by atoms with van der Waals surface area (Å²) < 4.78 is 6.51. The van der Waals surface area contributed by atoms with E-state index in [1.807, 2.05) is 13.0 Å². The molecule has 0 fully saturated rings. The maximum Gasteiger partial charge on any atom is 0.124 e. The lowest BCUT2D eigenvalue weighted by Gasteiger charge is -2.14. The molecule has 1 aromatic heterocycles. The molecule has 0 aliphatic heterocycles. The number of aryl methyl sites for hydroxylation is 3. The van der Waals surface area contributed by atoms with Gasteiger partial charge < -0.3 is 4.74 Å². The molecule has 0 N–H and O–H groups in total. The number of thiophene rings is 1. The monoisotopic (exact) mass is 358 g/mol. The summed E-state index contributed by atoms with van der Waals surface area (Å²) in [5, 5.41) is -0.177. The lowest BCUT2D eigenvalue weighted by Crippen LogP contribution is -1.97. The van der Waals surface area contributed by atoms with Crippen LogP contribution in [0.5, 0.6) is 5.75 Å². The van der Waals surface area contributed by atoms with Crippen molar-refractivity contribution in [2.75, 3.05) is 7.11 Å². The number of halogens is 2. The predicted molar refractivity (Wildman–Crippen MR) is 86.9 cm³/mol. The highest BCUT2D eigenvalue weighted by Gasteiger charge is 2.19. The van der Waals surface area contributed by atoms with Crippen LogP contribution in [0, 0.1) is 20.8 Å². The van der Waals surface area contributed by atoms with Gasteiger partial charge >= 0.3 is 0 Å². The fraction of sp³-hybridized carbons (Fsp3) is 0.333. The van der Waals surface area contributed by atoms with Gasteiger partial charge in [0, 0.05) is 19.8 Å². The highest BCUT2D eigenvalue weighted by molar-refractivity contribution is 9.10. The van der Waals surface area contributed by atoms with Crippen LogP contribution < -0.4 is 4.74 Å². The Kier molecular flexibility index (Phi) is 4.59. The van der Waals surface area contributed by atoms with Crippen molar-refractivity contribution in [3.63, 3.8) is 0 Å². The summed E-state index contributed by atoms with van der Waals surface area (Å²) in [6.07, 6.45) is 0. The van der Waals surface area contributed by atoms with Crippen LogP contribution in [0.1, 0.15) is 31.8 Å². The molecule has 102 valence electrons. The first-order valence-corrected chi connectivity index (χ1v) is 8.03. The molecular weight excluding hydrogens is 344 g/mol. The lowest BCUT2D eigenvalue weighted by atomic mass is 10.1. The normalized spacial score (nSPS) is 12.5. The van der Waals surface area contributed by atoms with E-state index in [0.717, 1.165) is 26.2 Å². The SMILES string of the molecule is COc1cc(C)c(Br)cc1C(Cl)c1cc(C)c(C)s1. The van der Waals surface area contributed by atoms with Crippen LogP contribution in [-0.2, 0) is 0 Å². The zero-order chi connectivity index (χ0) is 14.2. The number of benzene rings is 1. The summed E-state index contributed by atoms with van der Waals surface area (Å²) in [5.74, 6) is 0.837. The molecule has 0 saturated heterocycles. The minimum atomic E-state index is -0.177. The van der Waals surface area contributed by atoms with Crippen LogP contribution in [0.3, 0.4) is 0 Å². The van der Waals surface area contributed by atoms with Crippen LogP contribution in [0.4, 0.5) is 0 Å². The van der Waals surface area contributed by atoms with Crippen LogP contribution in [-0.4, -0.2) is 7.11 Å². The topological polar surface area (TPSA) is 9.23 Å². The van der Waals surface area contributed by atoms with E-state index in [1.165, 1.54) is 10.4 Å². The van der Waals surface area contributed by atoms with E-state index in [1.54, 1.807) is 18.4 Å². The second-order valence-electron chi connectivity index (χ2n) is 4.59. The predicted octanol–water partition coefficient (Wildman–Crippen LogP) is 5.77. The Hall–Kier alpha value is -0.510. The molecule has 0 amide bonds. The minimum Gasteiger partial charge on any atom is -0.496 e. The van der Waals surface area contributed by atoms with Gasteiger partial charge in [0.25, 0.3) is 0 Å². The molecule has 2 rings (SSSR count). The number of alkyl halides is 1. The van der Waals surface area contributed by atoms with Crippen molar-refractivity contribution < 1.29 is 4.74 Å². The van der Waals surface area contributed by atoms with Crippen molar-refractivity contribution in [1.29, 1.82) is 0 Å². The zero-order valence-electron chi connectivity index (χ0n) is 11.4. The molecule has 0 radical (unpaired) electrons. The van der Waals surface area contributed by atoms with Gasteiger partial charge in [0.05, 0.1) is 12.5 Å². The Balaban J connectivity index is 2.48. The molecule has 0 saturated carbocycles.